The van der Waals surface area contributed by atoms with Crippen molar-refractivity contribution >= 4 is 11.8 Å². The van der Waals surface area contributed by atoms with Gasteiger partial charge in [0.2, 0.25) is 0 Å². The van der Waals surface area contributed by atoms with E-state index in [-0.39, 0.29) is 0 Å². The fraction of sp³-hybridized carbons (Fsp3) is 1.00. The molecule has 0 aromatic carbocycles. The highest BCUT2D eigenvalue weighted by Gasteiger charge is 2.32. The highest BCUT2D eigenvalue weighted by atomic mass is 32.2. The molecule has 2 saturated carbocycles. The van der Waals surface area contributed by atoms with Gasteiger partial charge < -0.3 is 0 Å². The Labute approximate surface area is 93.2 Å². The highest BCUT2D eigenvalue weighted by molar-refractivity contribution is 8.00. The van der Waals surface area contributed by atoms with Crippen molar-refractivity contribution in [2.45, 2.75) is 69.3 Å². The molecule has 14 heavy (non-hydrogen) atoms. The third-order valence-electron chi connectivity index (χ3n) is 3.96. The van der Waals surface area contributed by atoms with Crippen molar-refractivity contribution in [3.05, 3.63) is 0 Å². The predicted octanol–water partition coefficient (Wildman–Crippen LogP) is 4.49. The van der Waals surface area contributed by atoms with Crippen LogP contribution in [0.2, 0.25) is 0 Å². The molecule has 0 aliphatic heterocycles. The van der Waals surface area contributed by atoms with Crippen LogP contribution in [0, 0.1) is 11.8 Å². The molecule has 3 unspecified atom stereocenters. The summed E-state index contributed by atoms with van der Waals surface area (Å²) in [6, 6.07) is 0. The van der Waals surface area contributed by atoms with E-state index in [1.54, 1.807) is 12.8 Å². The predicted molar refractivity (Wildman–Crippen MR) is 65.8 cm³/mol. The van der Waals surface area contributed by atoms with Crippen LogP contribution in [0.15, 0.2) is 0 Å². The van der Waals surface area contributed by atoms with Crippen molar-refractivity contribution in [3.63, 3.8) is 0 Å². The van der Waals surface area contributed by atoms with E-state index in [0.717, 1.165) is 22.3 Å². The van der Waals surface area contributed by atoms with Gasteiger partial charge in [-0.15, -0.1) is 0 Å². The van der Waals surface area contributed by atoms with Crippen LogP contribution in [0.5, 0.6) is 0 Å². The maximum atomic E-state index is 2.34. The lowest BCUT2D eigenvalue weighted by atomic mass is 9.71. The molecule has 0 spiro atoms. The van der Waals surface area contributed by atoms with Crippen molar-refractivity contribution in [3.8, 4) is 0 Å². The first-order valence-corrected chi connectivity index (χ1v) is 7.35. The van der Waals surface area contributed by atoms with Crippen LogP contribution >= 0.6 is 11.8 Å². The molecule has 0 saturated heterocycles. The van der Waals surface area contributed by atoms with Gasteiger partial charge in [-0.2, -0.15) is 11.8 Å². The van der Waals surface area contributed by atoms with Gasteiger partial charge in [-0.1, -0.05) is 39.5 Å². The Morgan fingerprint density at radius 1 is 0.929 bits per heavy atom. The molecule has 0 aromatic heterocycles. The van der Waals surface area contributed by atoms with Gasteiger partial charge in [0.1, 0.15) is 0 Å². The molecule has 2 rings (SSSR count). The molecule has 0 nitrogen and oxygen atoms in total. The summed E-state index contributed by atoms with van der Waals surface area (Å²) in [4.78, 5) is 0. The van der Waals surface area contributed by atoms with E-state index in [4.69, 9.17) is 0 Å². The van der Waals surface area contributed by atoms with Gasteiger partial charge in [0, 0.05) is 5.25 Å². The SMILES string of the molecule is CC(C)SC1CCC2CCCCC2C1. The Morgan fingerprint density at radius 3 is 2.36 bits per heavy atom. The van der Waals surface area contributed by atoms with Gasteiger partial charge in [-0.05, 0) is 36.3 Å². The van der Waals surface area contributed by atoms with Crippen LogP contribution in [-0.2, 0) is 0 Å². The van der Waals surface area contributed by atoms with E-state index in [1.165, 1.54) is 32.1 Å². The zero-order valence-electron chi connectivity index (χ0n) is 9.67. The maximum Gasteiger partial charge on any atom is 0.00524 e. The van der Waals surface area contributed by atoms with E-state index in [2.05, 4.69) is 25.6 Å². The topological polar surface area (TPSA) is 0 Å². The Morgan fingerprint density at radius 2 is 1.64 bits per heavy atom. The minimum atomic E-state index is 0.833. The smallest absolute Gasteiger partial charge is 0.00524 e. The zero-order valence-corrected chi connectivity index (χ0v) is 10.5. The standard InChI is InChI=1S/C13H24S/c1-10(2)14-13-8-7-11-5-3-4-6-12(11)9-13/h10-13H,3-9H2,1-2H3. The Bertz CT molecular complexity index is 176. The molecule has 2 aliphatic rings. The van der Waals surface area contributed by atoms with Gasteiger partial charge in [-0.3, -0.25) is 0 Å². The first kappa shape index (κ1) is 10.9. The zero-order chi connectivity index (χ0) is 9.97. The first-order valence-electron chi connectivity index (χ1n) is 6.41. The number of hydrogen-bond donors (Lipinski definition) is 0. The molecular formula is C13H24S. The van der Waals surface area contributed by atoms with Crippen LogP contribution < -0.4 is 0 Å². The third-order valence-corrected chi connectivity index (χ3v) is 5.31. The molecule has 82 valence electrons. The molecule has 0 N–H and O–H groups in total. The average Bonchev–Trinajstić information content (AvgIpc) is 2.17. The van der Waals surface area contributed by atoms with Gasteiger partial charge in [0.15, 0.2) is 0 Å². The largest absolute Gasteiger partial charge is 0.156 e. The van der Waals surface area contributed by atoms with E-state index in [9.17, 15) is 0 Å². The van der Waals surface area contributed by atoms with Crippen LogP contribution in [-0.4, -0.2) is 10.5 Å². The minimum absolute atomic E-state index is 0.833. The van der Waals surface area contributed by atoms with Crippen LogP contribution in [0.1, 0.15) is 58.8 Å². The Hall–Kier alpha value is 0.350. The summed E-state index contributed by atoms with van der Waals surface area (Å²) in [6.45, 7) is 4.69. The number of fused-ring (bicyclic) bond motifs is 1. The number of thioether (sulfide) groups is 1. The quantitative estimate of drug-likeness (QED) is 0.650. The lowest BCUT2D eigenvalue weighted by molar-refractivity contribution is 0.175. The maximum absolute atomic E-state index is 2.34. The minimum Gasteiger partial charge on any atom is -0.156 e. The van der Waals surface area contributed by atoms with Gasteiger partial charge in [0.05, 0.1) is 0 Å². The average molecular weight is 212 g/mol. The summed E-state index contributed by atoms with van der Waals surface area (Å²) >= 11 is 2.23. The first-order chi connectivity index (χ1) is 6.75. The summed E-state index contributed by atoms with van der Waals surface area (Å²) in [6.07, 6.45) is 10.7. The highest BCUT2D eigenvalue weighted by Crippen LogP contribution is 2.44. The van der Waals surface area contributed by atoms with Crippen LogP contribution in [0.25, 0.3) is 0 Å². The Balaban J connectivity index is 1.83. The molecule has 3 atom stereocenters. The summed E-state index contributed by atoms with van der Waals surface area (Å²) in [5, 5.41) is 1.83. The normalized spacial score (nSPS) is 38.4. The van der Waals surface area contributed by atoms with Gasteiger partial charge in [-0.25, -0.2) is 0 Å². The summed E-state index contributed by atoms with van der Waals surface area (Å²) < 4.78 is 0. The molecule has 0 radical (unpaired) electrons. The van der Waals surface area contributed by atoms with E-state index >= 15 is 0 Å². The summed E-state index contributed by atoms with van der Waals surface area (Å²) in [7, 11) is 0. The second-order valence-electron chi connectivity index (χ2n) is 5.42. The van der Waals surface area contributed by atoms with Crippen molar-refractivity contribution < 1.29 is 0 Å². The second kappa shape index (κ2) is 4.92. The van der Waals surface area contributed by atoms with Crippen molar-refractivity contribution in [2.75, 3.05) is 0 Å². The molecule has 1 heteroatoms. The molecule has 0 bridgehead atoms. The van der Waals surface area contributed by atoms with E-state index < -0.39 is 0 Å². The lowest BCUT2D eigenvalue weighted by Crippen LogP contribution is -2.29. The Kier molecular flexibility index (Phi) is 3.81. The van der Waals surface area contributed by atoms with Gasteiger partial charge >= 0.3 is 0 Å². The molecule has 0 heterocycles. The third kappa shape index (κ3) is 2.68. The number of hydrogen-bond acceptors (Lipinski definition) is 1. The molecule has 2 fully saturated rings. The van der Waals surface area contributed by atoms with Gasteiger partial charge in [0.25, 0.3) is 0 Å². The summed E-state index contributed by atoms with van der Waals surface area (Å²) in [5.41, 5.74) is 0. The van der Waals surface area contributed by atoms with Crippen LogP contribution in [0.4, 0.5) is 0 Å². The van der Waals surface area contributed by atoms with E-state index in [0.29, 0.717) is 0 Å². The van der Waals surface area contributed by atoms with E-state index in [1.807, 2.05) is 0 Å². The molecule has 0 aromatic rings. The monoisotopic (exact) mass is 212 g/mol. The van der Waals surface area contributed by atoms with Crippen molar-refractivity contribution in [1.29, 1.82) is 0 Å². The second-order valence-corrected chi connectivity index (χ2v) is 7.31. The number of rotatable bonds is 2. The van der Waals surface area contributed by atoms with Crippen molar-refractivity contribution in [2.24, 2.45) is 11.8 Å². The molecular weight excluding hydrogens is 188 g/mol. The summed E-state index contributed by atoms with van der Waals surface area (Å²) in [5.74, 6) is 2.22. The molecule has 0 amide bonds. The van der Waals surface area contributed by atoms with Crippen LogP contribution in [0.3, 0.4) is 0 Å². The van der Waals surface area contributed by atoms with Crippen molar-refractivity contribution in [1.82, 2.24) is 0 Å². The fourth-order valence-electron chi connectivity index (χ4n) is 3.34. The fourth-order valence-corrected chi connectivity index (χ4v) is 4.74. The molecule has 2 aliphatic carbocycles. The lowest BCUT2D eigenvalue weighted by Gasteiger charge is -2.39.